The van der Waals surface area contributed by atoms with Crippen LogP contribution in [0.2, 0.25) is 0 Å². The Bertz CT molecular complexity index is 1380. The molecule has 0 bridgehead atoms. The van der Waals surface area contributed by atoms with Gasteiger partial charge in [-0.15, -0.1) is 5.11 Å². The highest BCUT2D eigenvalue weighted by molar-refractivity contribution is 6.00. The minimum absolute atomic E-state index is 0.0251. The molecule has 1 unspecified atom stereocenters. The topological polar surface area (TPSA) is 83.7 Å². The first-order valence-electron chi connectivity index (χ1n) is 12.0. The summed E-state index contributed by atoms with van der Waals surface area (Å²) in [6, 6.07) is 7.43. The molecule has 190 valence electrons. The van der Waals surface area contributed by atoms with Crippen molar-refractivity contribution >= 4 is 5.91 Å². The zero-order valence-electron chi connectivity index (χ0n) is 21.1. The molecule has 1 aromatic carbocycles. The van der Waals surface area contributed by atoms with E-state index in [0.717, 1.165) is 22.5 Å². The molecule has 3 aliphatic heterocycles. The van der Waals surface area contributed by atoms with Crippen molar-refractivity contribution in [2.24, 2.45) is 17.3 Å². The summed E-state index contributed by atoms with van der Waals surface area (Å²) in [7, 11) is 1.85. The summed E-state index contributed by atoms with van der Waals surface area (Å²) in [6.45, 7) is 9.45. The number of hydrogen-bond acceptors (Lipinski definition) is 5. The number of nitrogens with zero attached hydrogens (tertiary/aromatic N) is 4. The predicted molar refractivity (Wildman–Crippen MR) is 129 cm³/mol. The molecule has 0 spiro atoms. The number of hydrogen-bond donors (Lipinski definition) is 2. The summed E-state index contributed by atoms with van der Waals surface area (Å²) in [5, 5.41) is 18.2. The van der Waals surface area contributed by atoms with Gasteiger partial charge in [-0.2, -0.15) is 23.4 Å². The summed E-state index contributed by atoms with van der Waals surface area (Å²) >= 11 is 0. The molecule has 2 aromatic rings. The first kappa shape index (κ1) is 24.3. The van der Waals surface area contributed by atoms with E-state index in [2.05, 4.69) is 26.0 Å². The smallest absolute Gasteiger partial charge is 0.362 e. The van der Waals surface area contributed by atoms with Crippen molar-refractivity contribution in [3.05, 3.63) is 63.8 Å². The fourth-order valence-corrected chi connectivity index (χ4v) is 6.06. The van der Waals surface area contributed by atoms with E-state index in [1.807, 2.05) is 59.9 Å². The van der Waals surface area contributed by atoms with E-state index in [4.69, 9.17) is 0 Å². The molecule has 5 rings (SSSR count). The van der Waals surface area contributed by atoms with Gasteiger partial charge in [0.2, 0.25) is 0 Å². The largest absolute Gasteiger partial charge is 0.435 e. The second-order valence-electron chi connectivity index (χ2n) is 10.4. The van der Waals surface area contributed by atoms with Crippen molar-refractivity contribution in [2.75, 3.05) is 0 Å². The minimum atomic E-state index is -4.72. The molecule has 7 nitrogen and oxygen atoms in total. The van der Waals surface area contributed by atoms with Crippen molar-refractivity contribution in [2.45, 2.75) is 70.8 Å². The number of carbonyl (C=O) groups is 1. The van der Waals surface area contributed by atoms with E-state index in [1.54, 1.807) is 10.7 Å². The molecular formula is C26H29F3N6O. The number of rotatable bonds is 3. The summed E-state index contributed by atoms with van der Waals surface area (Å²) < 4.78 is 44.6. The molecule has 0 saturated heterocycles. The zero-order valence-corrected chi connectivity index (χ0v) is 21.1. The third-order valence-electron chi connectivity index (χ3n) is 7.55. The number of allylic oxidation sites excluding steroid dienone is 1. The second-order valence-corrected chi connectivity index (χ2v) is 10.4. The Balaban J connectivity index is 1.84. The average molecular weight is 499 g/mol. The highest BCUT2D eigenvalue weighted by Crippen LogP contribution is 2.55. The Morgan fingerprint density at radius 3 is 2.56 bits per heavy atom. The first-order chi connectivity index (χ1) is 16.8. The lowest BCUT2D eigenvalue weighted by molar-refractivity contribution is -0.120. The molecule has 0 aliphatic carbocycles. The van der Waals surface area contributed by atoms with Crippen molar-refractivity contribution in [1.29, 1.82) is 0 Å². The highest BCUT2D eigenvalue weighted by atomic mass is 19.4. The molecule has 10 heteroatoms. The zero-order chi connectivity index (χ0) is 26.2. The molecule has 3 aliphatic rings. The number of carbonyl (C=O) groups excluding carboxylic acids is 1. The van der Waals surface area contributed by atoms with Crippen LogP contribution in [0.1, 0.15) is 50.6 Å². The van der Waals surface area contributed by atoms with E-state index in [-0.39, 0.29) is 17.9 Å². The number of fused-ring (bicyclic) bond motifs is 1. The van der Waals surface area contributed by atoms with Crippen molar-refractivity contribution in [3.63, 3.8) is 0 Å². The minimum Gasteiger partial charge on any atom is -0.362 e. The standard InChI is InChI=1S/C26H29F3N6O/c1-7-25(16-10-8-9-15(11-16)18-13(2)34-35(6)14(18)3)19-17(12-24(4,5)31-23(19)36)30-22-20(25)21(32-33-22)26(27,28)29/h8-11,22,30H,7,12H2,1-6H3,(H,31,36)/t22?,25-/m1/s1. The number of azo groups is 1. The molecule has 36 heavy (non-hydrogen) atoms. The lowest BCUT2D eigenvalue weighted by atomic mass is 9.61. The van der Waals surface area contributed by atoms with Gasteiger partial charge in [0.25, 0.3) is 5.91 Å². The quantitative estimate of drug-likeness (QED) is 0.617. The predicted octanol–water partition coefficient (Wildman–Crippen LogP) is 5.12. The van der Waals surface area contributed by atoms with Crippen LogP contribution in [-0.2, 0) is 17.3 Å². The van der Waals surface area contributed by atoms with Gasteiger partial charge in [-0.3, -0.25) is 9.48 Å². The van der Waals surface area contributed by atoms with Crippen molar-refractivity contribution in [3.8, 4) is 11.1 Å². The van der Waals surface area contributed by atoms with Crippen LogP contribution in [-0.4, -0.2) is 33.6 Å². The maximum Gasteiger partial charge on any atom is 0.435 e. The number of halogens is 3. The summed E-state index contributed by atoms with van der Waals surface area (Å²) in [4.78, 5) is 13.6. The van der Waals surface area contributed by atoms with E-state index < -0.39 is 29.0 Å². The third-order valence-corrected chi connectivity index (χ3v) is 7.55. The first-order valence-corrected chi connectivity index (χ1v) is 12.0. The molecule has 2 atom stereocenters. The third kappa shape index (κ3) is 3.41. The van der Waals surface area contributed by atoms with E-state index in [0.29, 0.717) is 23.3 Å². The van der Waals surface area contributed by atoms with Gasteiger partial charge in [0.15, 0.2) is 11.9 Å². The molecule has 0 saturated carbocycles. The summed E-state index contributed by atoms with van der Waals surface area (Å²) in [6.07, 6.45) is -5.04. The lowest BCUT2D eigenvalue weighted by Gasteiger charge is -2.48. The summed E-state index contributed by atoms with van der Waals surface area (Å²) in [5.41, 5.74) is 2.05. The maximum absolute atomic E-state index is 14.3. The summed E-state index contributed by atoms with van der Waals surface area (Å²) in [5.74, 6) is -0.380. The van der Waals surface area contributed by atoms with Crippen LogP contribution >= 0.6 is 0 Å². The lowest BCUT2D eigenvalue weighted by Crippen LogP contribution is -2.58. The van der Waals surface area contributed by atoms with Gasteiger partial charge in [0.05, 0.1) is 16.7 Å². The average Bonchev–Trinajstić information content (AvgIpc) is 3.31. The van der Waals surface area contributed by atoms with Crippen LogP contribution < -0.4 is 10.6 Å². The van der Waals surface area contributed by atoms with E-state index in [1.165, 1.54) is 0 Å². The van der Waals surface area contributed by atoms with Crippen molar-refractivity contribution < 1.29 is 18.0 Å². The number of alkyl halides is 3. The van der Waals surface area contributed by atoms with Crippen molar-refractivity contribution in [1.82, 2.24) is 20.4 Å². The van der Waals surface area contributed by atoms with Crippen LogP contribution in [0.5, 0.6) is 0 Å². The molecule has 4 heterocycles. The van der Waals surface area contributed by atoms with Crippen LogP contribution in [0.15, 0.2) is 57.0 Å². The Hall–Kier alpha value is -3.43. The van der Waals surface area contributed by atoms with Crippen LogP contribution in [0.4, 0.5) is 13.2 Å². The Kier molecular flexibility index (Phi) is 5.25. The van der Waals surface area contributed by atoms with Gasteiger partial charge in [-0.1, -0.05) is 25.1 Å². The van der Waals surface area contributed by atoms with Gasteiger partial charge >= 0.3 is 6.18 Å². The number of benzene rings is 1. The number of aryl methyl sites for hydroxylation is 2. The molecule has 2 N–H and O–H groups in total. The molecular weight excluding hydrogens is 469 g/mol. The fraction of sp³-hybridized carbons (Fsp3) is 0.462. The molecule has 0 radical (unpaired) electrons. The van der Waals surface area contributed by atoms with Crippen LogP contribution in [0, 0.1) is 13.8 Å². The Morgan fingerprint density at radius 1 is 1.22 bits per heavy atom. The maximum atomic E-state index is 14.3. The number of amides is 1. The van der Waals surface area contributed by atoms with Gasteiger partial charge in [-0.05, 0) is 51.3 Å². The number of nitrogens with one attached hydrogen (secondary N) is 2. The van der Waals surface area contributed by atoms with Gasteiger partial charge in [0, 0.05) is 41.5 Å². The molecule has 0 fully saturated rings. The van der Waals surface area contributed by atoms with Crippen LogP contribution in [0.25, 0.3) is 11.1 Å². The van der Waals surface area contributed by atoms with Gasteiger partial charge in [0.1, 0.15) is 0 Å². The fourth-order valence-electron chi connectivity index (χ4n) is 6.06. The van der Waals surface area contributed by atoms with E-state index >= 15 is 0 Å². The highest BCUT2D eigenvalue weighted by Gasteiger charge is 2.57. The van der Waals surface area contributed by atoms with E-state index in [9.17, 15) is 18.0 Å². The van der Waals surface area contributed by atoms with Crippen LogP contribution in [0.3, 0.4) is 0 Å². The Labute approximate surface area is 207 Å². The monoisotopic (exact) mass is 498 g/mol. The van der Waals surface area contributed by atoms with Gasteiger partial charge in [-0.25, -0.2) is 0 Å². The SMILES string of the molecule is CC[C@@]1(c2cccc(-c3c(C)nn(C)c3C)c2)C2=C(CC(C)(C)NC2=O)NC2N=NC(C(F)(F)F)=C21. The molecule has 1 aromatic heterocycles. The normalized spacial score (nSPS) is 25.0. The number of aromatic nitrogens is 2. The Morgan fingerprint density at radius 2 is 1.94 bits per heavy atom. The van der Waals surface area contributed by atoms with Gasteiger partial charge < -0.3 is 10.6 Å². The molecule has 1 amide bonds. The second kappa shape index (κ2) is 7.78.